The lowest BCUT2D eigenvalue weighted by molar-refractivity contribution is 1.25. The average molecular weight is 179 g/mol. The molecule has 0 amide bonds. The average Bonchev–Trinajstić information content (AvgIpc) is 2.09. The number of nitrogens with zero attached hydrogens (tertiary/aromatic N) is 1. The number of hydrogen-bond donors (Lipinski definition) is 2. The first-order chi connectivity index (χ1) is 6.16. The molecule has 0 aromatic heterocycles. The van der Waals surface area contributed by atoms with Crippen molar-refractivity contribution < 1.29 is 0 Å². The van der Waals surface area contributed by atoms with Crippen LogP contribution in [0.25, 0.3) is 0 Å². The molecule has 0 atom stereocenters. The van der Waals surface area contributed by atoms with Gasteiger partial charge in [0.15, 0.2) is 0 Å². The second kappa shape index (κ2) is 7.16. The van der Waals surface area contributed by atoms with Gasteiger partial charge in [0.25, 0.3) is 0 Å². The van der Waals surface area contributed by atoms with Crippen molar-refractivity contribution in [1.29, 1.82) is 0 Å². The predicted molar refractivity (Wildman–Crippen MR) is 58.1 cm³/mol. The van der Waals surface area contributed by atoms with Crippen molar-refractivity contribution in [3.8, 4) is 0 Å². The van der Waals surface area contributed by atoms with E-state index in [0.29, 0.717) is 18.0 Å². The summed E-state index contributed by atoms with van der Waals surface area (Å²) in [6.45, 7) is 3.73. The maximum absolute atomic E-state index is 5.58. The molecule has 0 radical (unpaired) electrons. The summed E-state index contributed by atoms with van der Waals surface area (Å²) in [5, 5.41) is 0. The summed E-state index contributed by atoms with van der Waals surface area (Å²) in [6.07, 6.45) is 9.97. The normalized spacial score (nSPS) is 14.6. The van der Waals surface area contributed by atoms with Gasteiger partial charge in [0.1, 0.15) is 5.84 Å². The molecule has 0 unspecified atom stereocenters. The Labute approximate surface area is 79.5 Å². The second-order valence-electron chi connectivity index (χ2n) is 2.65. The standard InChI is InChI=1S/C10H17N3/c1-3-4-5-6-7-10(12)13-8-9(2)11/h3-6,8H,7,11H2,1-2H3,(H2,12,13)/b4-3-,6-5-,9-8-. The zero-order valence-corrected chi connectivity index (χ0v) is 8.20. The molecular formula is C10H17N3. The number of amidine groups is 1. The zero-order valence-electron chi connectivity index (χ0n) is 8.20. The van der Waals surface area contributed by atoms with Crippen LogP contribution in [0.3, 0.4) is 0 Å². The summed E-state index contributed by atoms with van der Waals surface area (Å²) >= 11 is 0. The molecule has 0 heterocycles. The smallest absolute Gasteiger partial charge is 0.103 e. The van der Waals surface area contributed by atoms with E-state index in [-0.39, 0.29) is 0 Å². The monoisotopic (exact) mass is 179 g/mol. The summed E-state index contributed by atoms with van der Waals surface area (Å²) in [7, 11) is 0. The highest BCUT2D eigenvalue weighted by atomic mass is 14.8. The van der Waals surface area contributed by atoms with Gasteiger partial charge < -0.3 is 11.5 Å². The van der Waals surface area contributed by atoms with E-state index in [1.165, 1.54) is 0 Å². The van der Waals surface area contributed by atoms with Crippen molar-refractivity contribution in [2.75, 3.05) is 0 Å². The van der Waals surface area contributed by atoms with Gasteiger partial charge in [-0.1, -0.05) is 24.3 Å². The van der Waals surface area contributed by atoms with E-state index in [0.717, 1.165) is 0 Å². The second-order valence-corrected chi connectivity index (χ2v) is 2.65. The van der Waals surface area contributed by atoms with Crippen LogP contribution in [0.5, 0.6) is 0 Å². The van der Waals surface area contributed by atoms with Crippen molar-refractivity contribution in [3.63, 3.8) is 0 Å². The van der Waals surface area contributed by atoms with Crippen LogP contribution < -0.4 is 11.5 Å². The van der Waals surface area contributed by atoms with Gasteiger partial charge in [-0.25, -0.2) is 4.99 Å². The Balaban J connectivity index is 3.93. The van der Waals surface area contributed by atoms with E-state index in [2.05, 4.69) is 4.99 Å². The van der Waals surface area contributed by atoms with Crippen LogP contribution in [0.15, 0.2) is 41.2 Å². The number of nitrogens with two attached hydrogens (primary N) is 2. The minimum atomic E-state index is 0.561. The lowest BCUT2D eigenvalue weighted by atomic mass is 10.3. The Morgan fingerprint density at radius 3 is 2.54 bits per heavy atom. The first kappa shape index (κ1) is 11.5. The Morgan fingerprint density at radius 2 is 2.00 bits per heavy atom. The highest BCUT2D eigenvalue weighted by molar-refractivity contribution is 5.82. The Kier molecular flexibility index (Phi) is 6.32. The molecule has 0 rings (SSSR count). The third-order valence-corrected chi connectivity index (χ3v) is 1.20. The van der Waals surface area contributed by atoms with E-state index in [1.807, 2.05) is 31.2 Å². The third kappa shape index (κ3) is 8.40. The molecule has 0 aromatic rings. The molecule has 0 aliphatic heterocycles. The third-order valence-electron chi connectivity index (χ3n) is 1.20. The van der Waals surface area contributed by atoms with Gasteiger partial charge in [-0.05, 0) is 13.8 Å². The largest absolute Gasteiger partial charge is 0.401 e. The number of rotatable bonds is 4. The van der Waals surface area contributed by atoms with Crippen LogP contribution >= 0.6 is 0 Å². The lowest BCUT2D eigenvalue weighted by Crippen LogP contribution is -2.09. The fourth-order valence-corrected chi connectivity index (χ4v) is 0.616. The maximum atomic E-state index is 5.58. The predicted octanol–water partition coefficient (Wildman–Crippen LogP) is 1.69. The molecule has 0 fully saturated rings. The Morgan fingerprint density at radius 1 is 1.31 bits per heavy atom. The van der Waals surface area contributed by atoms with Crippen LogP contribution in [-0.4, -0.2) is 5.84 Å². The van der Waals surface area contributed by atoms with Gasteiger partial charge in [0.05, 0.1) is 0 Å². The molecule has 0 saturated heterocycles. The molecule has 0 saturated carbocycles. The van der Waals surface area contributed by atoms with E-state index in [9.17, 15) is 0 Å². The van der Waals surface area contributed by atoms with Gasteiger partial charge in [-0.3, -0.25) is 0 Å². The molecule has 3 heteroatoms. The van der Waals surface area contributed by atoms with Crippen molar-refractivity contribution in [2.45, 2.75) is 20.3 Å². The topological polar surface area (TPSA) is 64.4 Å². The van der Waals surface area contributed by atoms with Gasteiger partial charge in [-0.15, -0.1) is 0 Å². The number of aliphatic imine (C=N–C) groups is 1. The molecule has 0 spiro atoms. The first-order valence-corrected chi connectivity index (χ1v) is 4.19. The van der Waals surface area contributed by atoms with Gasteiger partial charge in [-0.2, -0.15) is 0 Å². The number of hydrogen-bond acceptors (Lipinski definition) is 2. The molecule has 0 bridgehead atoms. The quantitative estimate of drug-likeness (QED) is 0.392. The maximum Gasteiger partial charge on any atom is 0.103 e. The zero-order chi connectivity index (χ0) is 10.1. The van der Waals surface area contributed by atoms with Crippen LogP contribution in [-0.2, 0) is 0 Å². The van der Waals surface area contributed by atoms with Crippen LogP contribution in [0, 0.1) is 0 Å². The summed E-state index contributed by atoms with van der Waals surface area (Å²) in [5.74, 6) is 0.561. The fourth-order valence-electron chi connectivity index (χ4n) is 0.616. The van der Waals surface area contributed by atoms with E-state index < -0.39 is 0 Å². The molecule has 13 heavy (non-hydrogen) atoms. The Bertz CT molecular complexity index is 243. The van der Waals surface area contributed by atoms with Crippen molar-refractivity contribution in [2.24, 2.45) is 16.5 Å². The SMILES string of the molecule is C/C=C\C=C/CC(N)=N/C=C(/C)N. The highest BCUT2D eigenvalue weighted by Gasteiger charge is 1.84. The van der Waals surface area contributed by atoms with Crippen molar-refractivity contribution >= 4 is 5.84 Å². The molecule has 72 valence electrons. The van der Waals surface area contributed by atoms with E-state index >= 15 is 0 Å². The molecule has 0 aliphatic carbocycles. The van der Waals surface area contributed by atoms with Gasteiger partial charge in [0.2, 0.25) is 0 Å². The number of allylic oxidation sites excluding steroid dienone is 4. The van der Waals surface area contributed by atoms with E-state index in [1.54, 1.807) is 13.1 Å². The summed E-state index contributed by atoms with van der Waals surface area (Å²) in [5.41, 5.74) is 11.6. The fraction of sp³-hybridized carbons (Fsp3) is 0.300. The van der Waals surface area contributed by atoms with Gasteiger partial charge in [0, 0.05) is 18.3 Å². The van der Waals surface area contributed by atoms with Crippen LogP contribution in [0.1, 0.15) is 20.3 Å². The minimum Gasteiger partial charge on any atom is -0.401 e. The van der Waals surface area contributed by atoms with E-state index in [4.69, 9.17) is 11.5 Å². The van der Waals surface area contributed by atoms with Crippen molar-refractivity contribution in [3.05, 3.63) is 36.2 Å². The molecule has 0 aromatic carbocycles. The summed E-state index contributed by atoms with van der Waals surface area (Å²) in [6, 6.07) is 0. The molecule has 3 nitrogen and oxygen atoms in total. The van der Waals surface area contributed by atoms with Crippen LogP contribution in [0.2, 0.25) is 0 Å². The summed E-state index contributed by atoms with van der Waals surface area (Å²) in [4.78, 5) is 3.95. The first-order valence-electron chi connectivity index (χ1n) is 4.19. The van der Waals surface area contributed by atoms with Gasteiger partial charge >= 0.3 is 0 Å². The highest BCUT2D eigenvalue weighted by Crippen LogP contribution is 1.88. The van der Waals surface area contributed by atoms with Crippen molar-refractivity contribution in [1.82, 2.24) is 0 Å². The molecular weight excluding hydrogens is 162 g/mol. The lowest BCUT2D eigenvalue weighted by Gasteiger charge is -1.92. The van der Waals surface area contributed by atoms with Crippen LogP contribution in [0.4, 0.5) is 0 Å². The Hall–Kier alpha value is -1.51. The molecule has 0 aliphatic rings. The minimum absolute atomic E-state index is 0.561. The molecule has 4 N–H and O–H groups in total. The summed E-state index contributed by atoms with van der Waals surface area (Å²) < 4.78 is 0.